The number of piperidine rings is 1. The Balaban J connectivity index is 1.74. The molecule has 0 aromatic heterocycles. The number of carbonyl (C=O) groups excluding carboxylic acids is 1. The van der Waals surface area contributed by atoms with Crippen LogP contribution in [0.3, 0.4) is 0 Å². The Labute approximate surface area is 97.1 Å². The van der Waals surface area contributed by atoms with Crippen molar-refractivity contribution in [2.45, 2.75) is 18.9 Å². The van der Waals surface area contributed by atoms with Crippen molar-refractivity contribution >= 4 is 5.91 Å². The topological polar surface area (TPSA) is 44.4 Å². The van der Waals surface area contributed by atoms with Crippen LogP contribution in [0.4, 0.5) is 0 Å². The third kappa shape index (κ3) is 2.83. The zero-order valence-corrected chi connectivity index (χ0v) is 9.74. The van der Waals surface area contributed by atoms with E-state index in [2.05, 4.69) is 22.1 Å². The van der Waals surface area contributed by atoms with E-state index >= 15 is 0 Å². The molecule has 2 atom stereocenters. The Morgan fingerprint density at radius 2 is 2.44 bits per heavy atom. The second-order valence-corrected chi connectivity index (χ2v) is 4.73. The van der Waals surface area contributed by atoms with Gasteiger partial charge in [-0.25, -0.2) is 0 Å². The van der Waals surface area contributed by atoms with Crippen LogP contribution in [-0.2, 0) is 4.79 Å². The zero-order chi connectivity index (χ0) is 11.4. The Bertz CT molecular complexity index is 267. The van der Waals surface area contributed by atoms with E-state index in [1.165, 1.54) is 12.8 Å². The van der Waals surface area contributed by atoms with E-state index in [9.17, 15) is 4.79 Å². The molecule has 0 spiro atoms. The summed E-state index contributed by atoms with van der Waals surface area (Å²) in [6, 6.07) is 0.701. The molecule has 0 aromatic carbocycles. The molecule has 90 valence electrons. The van der Waals surface area contributed by atoms with Gasteiger partial charge in [0.15, 0.2) is 0 Å². The molecule has 0 bridgehead atoms. The van der Waals surface area contributed by atoms with Crippen molar-refractivity contribution in [3.05, 3.63) is 12.7 Å². The fourth-order valence-corrected chi connectivity index (χ4v) is 2.71. The molecular formula is C12H21N3O. The predicted octanol–water partition coefficient (Wildman–Crippen LogP) is -0.0276. The van der Waals surface area contributed by atoms with Gasteiger partial charge in [-0.3, -0.25) is 9.69 Å². The van der Waals surface area contributed by atoms with E-state index in [4.69, 9.17) is 0 Å². The van der Waals surface area contributed by atoms with Crippen molar-refractivity contribution in [1.82, 2.24) is 15.5 Å². The van der Waals surface area contributed by atoms with Crippen molar-refractivity contribution in [1.29, 1.82) is 0 Å². The molecule has 4 nitrogen and oxygen atoms in total. The molecule has 2 heterocycles. The highest BCUT2D eigenvalue weighted by Crippen LogP contribution is 2.24. The molecule has 0 saturated carbocycles. The van der Waals surface area contributed by atoms with Crippen LogP contribution in [0, 0.1) is 5.92 Å². The highest BCUT2D eigenvalue weighted by atomic mass is 16.2. The van der Waals surface area contributed by atoms with Crippen LogP contribution in [0.15, 0.2) is 12.7 Å². The number of rotatable bonds is 4. The molecule has 2 rings (SSSR count). The largest absolute Gasteiger partial charge is 0.352 e. The first-order valence-electron chi connectivity index (χ1n) is 6.13. The van der Waals surface area contributed by atoms with Crippen LogP contribution >= 0.6 is 0 Å². The zero-order valence-electron chi connectivity index (χ0n) is 9.74. The van der Waals surface area contributed by atoms with Crippen molar-refractivity contribution in [2.75, 3.05) is 32.7 Å². The molecule has 0 aromatic rings. The molecule has 2 unspecified atom stereocenters. The third-order valence-electron chi connectivity index (χ3n) is 3.55. The summed E-state index contributed by atoms with van der Waals surface area (Å²) in [5.74, 6) is 0.866. The Morgan fingerprint density at radius 3 is 3.25 bits per heavy atom. The van der Waals surface area contributed by atoms with Crippen molar-refractivity contribution in [2.24, 2.45) is 5.92 Å². The minimum Gasteiger partial charge on any atom is -0.352 e. The number of carbonyl (C=O) groups is 1. The van der Waals surface area contributed by atoms with Gasteiger partial charge in [0.05, 0.1) is 6.54 Å². The second kappa shape index (κ2) is 5.46. The highest BCUT2D eigenvalue weighted by Gasteiger charge is 2.32. The average molecular weight is 223 g/mol. The van der Waals surface area contributed by atoms with Crippen molar-refractivity contribution in [3.63, 3.8) is 0 Å². The van der Waals surface area contributed by atoms with Crippen LogP contribution in [-0.4, -0.2) is 49.6 Å². The van der Waals surface area contributed by atoms with E-state index in [0.29, 0.717) is 19.1 Å². The molecule has 2 aliphatic heterocycles. The molecule has 4 heteroatoms. The van der Waals surface area contributed by atoms with E-state index in [1.54, 1.807) is 6.08 Å². The van der Waals surface area contributed by atoms with Gasteiger partial charge in [-0.05, 0) is 25.3 Å². The lowest BCUT2D eigenvalue weighted by molar-refractivity contribution is -0.122. The minimum absolute atomic E-state index is 0.115. The highest BCUT2D eigenvalue weighted by molar-refractivity contribution is 5.78. The monoisotopic (exact) mass is 223 g/mol. The van der Waals surface area contributed by atoms with E-state index in [-0.39, 0.29) is 5.91 Å². The molecule has 2 N–H and O–H groups in total. The fourth-order valence-electron chi connectivity index (χ4n) is 2.71. The van der Waals surface area contributed by atoms with Gasteiger partial charge < -0.3 is 10.6 Å². The summed E-state index contributed by atoms with van der Waals surface area (Å²) >= 11 is 0. The molecule has 0 aliphatic carbocycles. The standard InChI is InChI=1S/C12H21N3O/c1-2-5-14-12(16)9-15-7-4-11-10(8-15)3-6-13-11/h2,10-11,13H,1,3-9H2,(H,14,16). The SMILES string of the molecule is C=CCNC(=O)CN1CCC2NCCC2C1. The lowest BCUT2D eigenvalue weighted by Gasteiger charge is -2.34. The number of hydrogen-bond acceptors (Lipinski definition) is 3. The molecule has 16 heavy (non-hydrogen) atoms. The number of fused-ring (bicyclic) bond motifs is 1. The van der Waals surface area contributed by atoms with Gasteiger partial charge in [0.2, 0.25) is 5.91 Å². The van der Waals surface area contributed by atoms with Crippen LogP contribution in [0.2, 0.25) is 0 Å². The van der Waals surface area contributed by atoms with Crippen LogP contribution < -0.4 is 10.6 Å². The number of amides is 1. The lowest BCUT2D eigenvalue weighted by Crippen LogP contribution is -2.47. The van der Waals surface area contributed by atoms with Crippen LogP contribution in [0.25, 0.3) is 0 Å². The van der Waals surface area contributed by atoms with Crippen molar-refractivity contribution < 1.29 is 4.79 Å². The fraction of sp³-hybridized carbons (Fsp3) is 0.750. The Morgan fingerprint density at radius 1 is 1.56 bits per heavy atom. The van der Waals surface area contributed by atoms with Crippen LogP contribution in [0.5, 0.6) is 0 Å². The molecule has 0 radical (unpaired) electrons. The van der Waals surface area contributed by atoms with Gasteiger partial charge in [-0.15, -0.1) is 6.58 Å². The predicted molar refractivity (Wildman–Crippen MR) is 64.2 cm³/mol. The lowest BCUT2D eigenvalue weighted by atomic mass is 9.93. The first-order chi connectivity index (χ1) is 7.79. The summed E-state index contributed by atoms with van der Waals surface area (Å²) in [7, 11) is 0. The number of hydrogen-bond donors (Lipinski definition) is 2. The first-order valence-corrected chi connectivity index (χ1v) is 6.13. The first kappa shape index (κ1) is 11.6. The summed E-state index contributed by atoms with van der Waals surface area (Å²) in [6.07, 6.45) is 4.15. The molecule has 2 saturated heterocycles. The molecular weight excluding hydrogens is 202 g/mol. The normalized spacial score (nSPS) is 29.8. The average Bonchev–Trinajstić information content (AvgIpc) is 2.73. The second-order valence-electron chi connectivity index (χ2n) is 4.73. The van der Waals surface area contributed by atoms with Gasteiger partial charge >= 0.3 is 0 Å². The smallest absolute Gasteiger partial charge is 0.234 e. The summed E-state index contributed by atoms with van der Waals surface area (Å²) in [6.45, 7) is 7.95. The van der Waals surface area contributed by atoms with E-state index in [0.717, 1.165) is 25.6 Å². The number of nitrogens with one attached hydrogen (secondary N) is 2. The summed E-state index contributed by atoms with van der Waals surface area (Å²) in [4.78, 5) is 13.8. The quantitative estimate of drug-likeness (QED) is 0.658. The van der Waals surface area contributed by atoms with Crippen LogP contribution in [0.1, 0.15) is 12.8 Å². The maximum Gasteiger partial charge on any atom is 0.234 e. The minimum atomic E-state index is 0.115. The van der Waals surface area contributed by atoms with Gasteiger partial charge in [-0.2, -0.15) is 0 Å². The van der Waals surface area contributed by atoms with Gasteiger partial charge in [0.25, 0.3) is 0 Å². The molecule has 2 fully saturated rings. The number of likely N-dealkylation sites (tertiary alicyclic amines) is 1. The maximum atomic E-state index is 11.5. The molecule has 2 aliphatic rings. The van der Waals surface area contributed by atoms with Gasteiger partial charge in [0, 0.05) is 25.7 Å². The summed E-state index contributed by atoms with van der Waals surface area (Å²) < 4.78 is 0. The van der Waals surface area contributed by atoms with Crippen molar-refractivity contribution in [3.8, 4) is 0 Å². The van der Waals surface area contributed by atoms with Gasteiger partial charge in [-0.1, -0.05) is 6.08 Å². The van der Waals surface area contributed by atoms with Gasteiger partial charge in [0.1, 0.15) is 0 Å². The Hall–Kier alpha value is -0.870. The van der Waals surface area contributed by atoms with E-state index in [1.807, 2.05) is 0 Å². The third-order valence-corrected chi connectivity index (χ3v) is 3.55. The summed E-state index contributed by atoms with van der Waals surface area (Å²) in [5, 5.41) is 6.35. The Kier molecular flexibility index (Phi) is 3.96. The maximum absolute atomic E-state index is 11.5. The molecule has 1 amide bonds. The number of nitrogens with zero attached hydrogens (tertiary/aromatic N) is 1. The summed E-state index contributed by atoms with van der Waals surface area (Å²) in [5.41, 5.74) is 0. The van der Waals surface area contributed by atoms with E-state index < -0.39 is 0 Å².